The first-order chi connectivity index (χ1) is 8.88. The standard InChI is InChI=1S/C12H7Br2FO3S/c13-8-4-5-12(11(14)6-8)19(16,17)18-10-3-1-2-9(15)7-10/h1-7H. The fraction of sp³-hybridized carbons (Fsp3) is 0. The average Bonchev–Trinajstić information content (AvgIpc) is 2.27. The van der Waals surface area contributed by atoms with Crippen molar-refractivity contribution >= 4 is 42.0 Å². The highest BCUT2D eigenvalue weighted by Crippen LogP contribution is 2.28. The number of benzene rings is 2. The van der Waals surface area contributed by atoms with Crippen molar-refractivity contribution in [1.29, 1.82) is 0 Å². The minimum Gasteiger partial charge on any atom is -0.379 e. The molecular formula is C12H7Br2FO3S. The summed E-state index contributed by atoms with van der Waals surface area (Å²) >= 11 is 6.37. The molecule has 0 aliphatic heterocycles. The van der Waals surface area contributed by atoms with E-state index in [1.54, 1.807) is 12.1 Å². The highest BCUT2D eigenvalue weighted by atomic mass is 79.9. The molecule has 0 aliphatic rings. The Morgan fingerprint density at radius 1 is 1.05 bits per heavy atom. The van der Waals surface area contributed by atoms with Crippen LogP contribution >= 0.6 is 31.9 Å². The van der Waals surface area contributed by atoms with E-state index in [2.05, 4.69) is 31.9 Å². The van der Waals surface area contributed by atoms with Gasteiger partial charge >= 0.3 is 10.1 Å². The molecular weight excluding hydrogens is 403 g/mol. The molecule has 0 aliphatic carbocycles. The molecule has 19 heavy (non-hydrogen) atoms. The van der Waals surface area contributed by atoms with E-state index in [-0.39, 0.29) is 10.6 Å². The number of hydrogen-bond donors (Lipinski definition) is 0. The fourth-order valence-electron chi connectivity index (χ4n) is 1.37. The smallest absolute Gasteiger partial charge is 0.340 e. The van der Waals surface area contributed by atoms with Crippen molar-refractivity contribution in [2.24, 2.45) is 0 Å². The minimum atomic E-state index is -4.01. The number of rotatable bonds is 3. The minimum absolute atomic E-state index is 0.0278. The van der Waals surface area contributed by atoms with E-state index in [9.17, 15) is 12.8 Å². The molecule has 2 rings (SSSR count). The Labute approximate surface area is 126 Å². The van der Waals surface area contributed by atoms with Gasteiger partial charge in [0.1, 0.15) is 16.5 Å². The number of halogens is 3. The van der Waals surface area contributed by atoms with E-state index in [0.717, 1.165) is 10.5 Å². The van der Waals surface area contributed by atoms with Gasteiger partial charge in [-0.25, -0.2) is 4.39 Å². The van der Waals surface area contributed by atoms with Crippen LogP contribution in [-0.2, 0) is 10.1 Å². The van der Waals surface area contributed by atoms with Crippen LogP contribution in [0.1, 0.15) is 0 Å². The zero-order valence-corrected chi connectivity index (χ0v) is 13.3. The first-order valence-corrected chi connectivity index (χ1v) is 8.03. The van der Waals surface area contributed by atoms with Crippen LogP contribution in [0.5, 0.6) is 5.75 Å². The molecule has 0 bridgehead atoms. The van der Waals surface area contributed by atoms with Crippen LogP contribution in [0.3, 0.4) is 0 Å². The van der Waals surface area contributed by atoms with Gasteiger partial charge in [0.2, 0.25) is 0 Å². The van der Waals surface area contributed by atoms with Crippen molar-refractivity contribution in [3.63, 3.8) is 0 Å². The summed E-state index contributed by atoms with van der Waals surface area (Å²) in [6.07, 6.45) is 0. The molecule has 3 nitrogen and oxygen atoms in total. The Balaban J connectivity index is 2.38. The van der Waals surface area contributed by atoms with Gasteiger partial charge in [0, 0.05) is 15.0 Å². The van der Waals surface area contributed by atoms with Crippen molar-refractivity contribution < 1.29 is 17.0 Å². The summed E-state index contributed by atoms with van der Waals surface area (Å²) in [4.78, 5) is -0.0278. The summed E-state index contributed by atoms with van der Waals surface area (Å²) in [5.41, 5.74) is 0. The zero-order chi connectivity index (χ0) is 14.0. The fourth-order valence-corrected chi connectivity index (χ4v) is 3.99. The van der Waals surface area contributed by atoms with Crippen LogP contribution in [0.15, 0.2) is 56.3 Å². The van der Waals surface area contributed by atoms with Crippen molar-refractivity contribution in [2.45, 2.75) is 4.90 Å². The van der Waals surface area contributed by atoms with Crippen LogP contribution in [0, 0.1) is 5.82 Å². The van der Waals surface area contributed by atoms with Crippen LogP contribution in [0.4, 0.5) is 4.39 Å². The molecule has 0 saturated heterocycles. The van der Waals surface area contributed by atoms with Crippen LogP contribution in [0.2, 0.25) is 0 Å². The molecule has 100 valence electrons. The third-order valence-electron chi connectivity index (χ3n) is 2.17. The second-order valence-corrected chi connectivity index (χ2v) is 6.85. The lowest BCUT2D eigenvalue weighted by atomic mass is 10.3. The molecule has 2 aromatic carbocycles. The zero-order valence-electron chi connectivity index (χ0n) is 9.31. The van der Waals surface area contributed by atoms with Gasteiger partial charge in [0.05, 0.1) is 0 Å². The summed E-state index contributed by atoms with van der Waals surface area (Å²) in [7, 11) is -4.01. The predicted octanol–water partition coefficient (Wildman–Crippen LogP) is 4.12. The number of hydrogen-bond acceptors (Lipinski definition) is 3. The normalized spacial score (nSPS) is 11.3. The monoisotopic (exact) mass is 408 g/mol. The molecule has 0 amide bonds. The Morgan fingerprint density at radius 3 is 2.42 bits per heavy atom. The lowest BCUT2D eigenvalue weighted by molar-refractivity contribution is 0.482. The van der Waals surface area contributed by atoms with Gasteiger partial charge in [-0.05, 0) is 46.3 Å². The third kappa shape index (κ3) is 3.55. The van der Waals surface area contributed by atoms with E-state index in [0.29, 0.717) is 4.47 Å². The molecule has 7 heteroatoms. The summed E-state index contributed by atoms with van der Waals surface area (Å²) in [6.45, 7) is 0. The quantitative estimate of drug-likeness (QED) is 0.716. The van der Waals surface area contributed by atoms with Crippen molar-refractivity contribution in [2.75, 3.05) is 0 Å². The largest absolute Gasteiger partial charge is 0.379 e. The first kappa shape index (κ1) is 14.5. The molecule has 0 radical (unpaired) electrons. The maximum absolute atomic E-state index is 13.0. The summed E-state index contributed by atoms with van der Waals surface area (Å²) < 4.78 is 43.1. The lowest BCUT2D eigenvalue weighted by Crippen LogP contribution is -2.10. The van der Waals surface area contributed by atoms with Crippen molar-refractivity contribution in [3.05, 3.63) is 57.2 Å². The SMILES string of the molecule is O=S(=O)(Oc1cccc(F)c1)c1ccc(Br)cc1Br. The van der Waals surface area contributed by atoms with E-state index in [1.807, 2.05) is 0 Å². The summed E-state index contributed by atoms with van der Waals surface area (Å²) in [6, 6.07) is 9.50. The Morgan fingerprint density at radius 2 is 1.79 bits per heavy atom. The Hall–Kier alpha value is -0.920. The maximum Gasteiger partial charge on any atom is 0.340 e. The molecule has 0 saturated carbocycles. The highest BCUT2D eigenvalue weighted by molar-refractivity contribution is 9.11. The highest BCUT2D eigenvalue weighted by Gasteiger charge is 2.20. The molecule has 0 heterocycles. The van der Waals surface area contributed by atoms with Gasteiger partial charge in [-0.2, -0.15) is 8.42 Å². The van der Waals surface area contributed by atoms with Gasteiger partial charge in [0.25, 0.3) is 0 Å². The predicted molar refractivity (Wildman–Crippen MR) is 76.1 cm³/mol. The van der Waals surface area contributed by atoms with Crippen LogP contribution in [0.25, 0.3) is 0 Å². The first-order valence-electron chi connectivity index (χ1n) is 5.03. The molecule has 0 N–H and O–H groups in total. The van der Waals surface area contributed by atoms with E-state index >= 15 is 0 Å². The maximum atomic E-state index is 13.0. The molecule has 0 unspecified atom stereocenters. The van der Waals surface area contributed by atoms with E-state index < -0.39 is 15.9 Å². The van der Waals surface area contributed by atoms with Gasteiger partial charge in [0.15, 0.2) is 0 Å². The van der Waals surface area contributed by atoms with E-state index in [1.165, 1.54) is 24.3 Å². The van der Waals surface area contributed by atoms with Crippen LogP contribution in [-0.4, -0.2) is 8.42 Å². The Kier molecular flexibility index (Phi) is 4.27. The van der Waals surface area contributed by atoms with E-state index in [4.69, 9.17) is 4.18 Å². The summed E-state index contributed by atoms with van der Waals surface area (Å²) in [5, 5.41) is 0. The lowest BCUT2D eigenvalue weighted by Gasteiger charge is -2.08. The average molecular weight is 410 g/mol. The van der Waals surface area contributed by atoms with Crippen molar-refractivity contribution in [1.82, 2.24) is 0 Å². The van der Waals surface area contributed by atoms with Crippen LogP contribution < -0.4 is 4.18 Å². The molecule has 0 atom stereocenters. The second-order valence-electron chi connectivity index (χ2n) is 3.57. The van der Waals surface area contributed by atoms with Gasteiger partial charge in [-0.15, -0.1) is 0 Å². The molecule has 0 fully saturated rings. The second kappa shape index (κ2) is 5.60. The Bertz CT molecular complexity index is 717. The summed E-state index contributed by atoms with van der Waals surface area (Å²) in [5.74, 6) is -0.641. The molecule has 0 spiro atoms. The third-order valence-corrected chi connectivity index (χ3v) is 4.88. The van der Waals surface area contributed by atoms with Gasteiger partial charge < -0.3 is 4.18 Å². The van der Waals surface area contributed by atoms with Crippen molar-refractivity contribution in [3.8, 4) is 5.75 Å². The molecule has 2 aromatic rings. The van der Waals surface area contributed by atoms with Gasteiger partial charge in [-0.1, -0.05) is 22.0 Å². The topological polar surface area (TPSA) is 43.4 Å². The molecule has 0 aromatic heterocycles. The van der Waals surface area contributed by atoms with Gasteiger partial charge in [-0.3, -0.25) is 0 Å².